The number of sulfonamides is 1. The zero-order valence-electron chi connectivity index (χ0n) is 12.6. The van der Waals surface area contributed by atoms with Gasteiger partial charge in [-0.3, -0.25) is 0 Å². The number of benzene rings is 1. The molecule has 0 unspecified atom stereocenters. The minimum absolute atomic E-state index is 0.219. The molecule has 6 heteroatoms. The van der Waals surface area contributed by atoms with E-state index < -0.39 is 15.8 Å². The third-order valence-electron chi connectivity index (χ3n) is 4.03. The first-order valence-corrected chi connectivity index (χ1v) is 8.86. The lowest BCUT2D eigenvalue weighted by molar-refractivity contribution is 0.249. The van der Waals surface area contributed by atoms with Crippen molar-refractivity contribution >= 4 is 10.0 Å². The molecule has 1 saturated carbocycles. The van der Waals surface area contributed by atoms with E-state index in [1.807, 2.05) is 0 Å². The Kier molecular flexibility index (Phi) is 5.35. The van der Waals surface area contributed by atoms with Crippen LogP contribution in [0.15, 0.2) is 23.1 Å². The molecule has 1 N–H and O–H groups in total. The Hall–Kier alpha value is -0.980. The van der Waals surface area contributed by atoms with E-state index in [2.05, 4.69) is 5.32 Å². The zero-order valence-corrected chi connectivity index (χ0v) is 13.4. The minimum Gasteiger partial charge on any atom is -0.316 e. The maximum Gasteiger partial charge on any atom is 0.245 e. The van der Waals surface area contributed by atoms with E-state index in [1.165, 1.54) is 16.4 Å². The van der Waals surface area contributed by atoms with Crippen LogP contribution in [0.5, 0.6) is 0 Å². The van der Waals surface area contributed by atoms with Gasteiger partial charge in [-0.1, -0.05) is 19.4 Å². The fourth-order valence-corrected chi connectivity index (χ4v) is 4.14. The van der Waals surface area contributed by atoms with E-state index in [0.717, 1.165) is 24.8 Å². The molecule has 0 spiro atoms. The van der Waals surface area contributed by atoms with Crippen LogP contribution in [0.1, 0.15) is 31.7 Å². The number of nitrogens with one attached hydrogen (secondary N) is 1. The van der Waals surface area contributed by atoms with E-state index in [9.17, 15) is 12.8 Å². The molecule has 0 aromatic heterocycles. The number of hydrogen-bond donors (Lipinski definition) is 1. The second kappa shape index (κ2) is 6.85. The standard InChI is InChI=1S/C15H23FN2O2S/c1-3-18(11-12-5-4-6-12)21(19,20)15-8-7-13(10-17-2)9-14(15)16/h7-9,12,17H,3-6,10-11H2,1-2H3. The topological polar surface area (TPSA) is 49.4 Å². The van der Waals surface area contributed by atoms with Gasteiger partial charge >= 0.3 is 0 Å². The Morgan fingerprint density at radius 1 is 1.38 bits per heavy atom. The van der Waals surface area contributed by atoms with Crippen molar-refractivity contribution < 1.29 is 12.8 Å². The van der Waals surface area contributed by atoms with Crippen molar-refractivity contribution in [1.29, 1.82) is 0 Å². The van der Waals surface area contributed by atoms with Gasteiger partial charge in [0, 0.05) is 19.6 Å². The molecule has 0 atom stereocenters. The summed E-state index contributed by atoms with van der Waals surface area (Å²) in [5.41, 5.74) is 0.732. The maximum absolute atomic E-state index is 14.2. The summed E-state index contributed by atoms with van der Waals surface area (Å²) in [6.45, 7) is 3.17. The first-order chi connectivity index (χ1) is 9.98. The molecule has 1 aliphatic rings. The fraction of sp³-hybridized carbons (Fsp3) is 0.600. The summed E-state index contributed by atoms with van der Waals surface area (Å²) in [5, 5.41) is 2.92. The van der Waals surface area contributed by atoms with Gasteiger partial charge < -0.3 is 5.32 Å². The molecule has 118 valence electrons. The molecule has 0 bridgehead atoms. The van der Waals surface area contributed by atoms with Crippen LogP contribution in [0, 0.1) is 11.7 Å². The molecule has 1 aliphatic carbocycles. The van der Waals surface area contributed by atoms with Crippen LogP contribution >= 0.6 is 0 Å². The summed E-state index contributed by atoms with van der Waals surface area (Å²) >= 11 is 0. The molecule has 0 radical (unpaired) electrons. The highest BCUT2D eigenvalue weighted by atomic mass is 32.2. The Morgan fingerprint density at radius 3 is 2.57 bits per heavy atom. The zero-order chi connectivity index (χ0) is 15.5. The third kappa shape index (κ3) is 3.62. The van der Waals surface area contributed by atoms with Crippen molar-refractivity contribution in [3.63, 3.8) is 0 Å². The largest absolute Gasteiger partial charge is 0.316 e. The number of halogens is 1. The molecule has 1 aromatic rings. The van der Waals surface area contributed by atoms with Crippen LogP contribution in [-0.4, -0.2) is 32.9 Å². The highest BCUT2D eigenvalue weighted by Gasteiger charge is 2.30. The molecule has 1 aromatic carbocycles. The lowest BCUT2D eigenvalue weighted by atomic mass is 9.85. The second-order valence-corrected chi connectivity index (χ2v) is 7.45. The summed E-state index contributed by atoms with van der Waals surface area (Å²) in [5.74, 6) is -0.249. The van der Waals surface area contributed by atoms with Crippen molar-refractivity contribution in [3.05, 3.63) is 29.6 Å². The highest BCUT2D eigenvalue weighted by molar-refractivity contribution is 7.89. The summed E-state index contributed by atoms with van der Waals surface area (Å²) in [6, 6.07) is 4.32. The molecule has 0 saturated heterocycles. The number of hydrogen-bond acceptors (Lipinski definition) is 3. The average Bonchev–Trinajstić information content (AvgIpc) is 2.37. The molecular weight excluding hydrogens is 291 g/mol. The van der Waals surface area contributed by atoms with Crippen LogP contribution in [0.4, 0.5) is 4.39 Å². The minimum atomic E-state index is -3.75. The third-order valence-corrected chi connectivity index (χ3v) is 6.01. The van der Waals surface area contributed by atoms with E-state index >= 15 is 0 Å². The Labute approximate surface area is 126 Å². The van der Waals surface area contributed by atoms with E-state index in [-0.39, 0.29) is 4.90 Å². The first kappa shape index (κ1) is 16.4. The van der Waals surface area contributed by atoms with Gasteiger partial charge in [0.2, 0.25) is 10.0 Å². The average molecular weight is 314 g/mol. The van der Waals surface area contributed by atoms with Crippen LogP contribution < -0.4 is 5.32 Å². The normalized spacial score (nSPS) is 16.2. The molecule has 1 fully saturated rings. The van der Waals surface area contributed by atoms with Crippen molar-refractivity contribution in [2.45, 2.75) is 37.6 Å². The Balaban J connectivity index is 2.24. The predicted octanol–water partition coefficient (Wildman–Crippen LogP) is 2.36. The van der Waals surface area contributed by atoms with E-state index in [0.29, 0.717) is 25.6 Å². The van der Waals surface area contributed by atoms with Crippen molar-refractivity contribution in [1.82, 2.24) is 9.62 Å². The van der Waals surface area contributed by atoms with Gasteiger partial charge in [0.25, 0.3) is 0 Å². The first-order valence-electron chi connectivity index (χ1n) is 7.42. The molecule has 2 rings (SSSR count). The number of rotatable bonds is 7. The smallest absolute Gasteiger partial charge is 0.245 e. The van der Waals surface area contributed by atoms with Crippen molar-refractivity contribution in [2.24, 2.45) is 5.92 Å². The van der Waals surface area contributed by atoms with Gasteiger partial charge in [-0.15, -0.1) is 0 Å². The molecule has 0 heterocycles. The van der Waals surface area contributed by atoms with Crippen LogP contribution in [0.3, 0.4) is 0 Å². The monoisotopic (exact) mass is 314 g/mol. The van der Waals surface area contributed by atoms with Crippen LogP contribution in [0.25, 0.3) is 0 Å². The summed E-state index contributed by atoms with van der Waals surface area (Å²) in [6.07, 6.45) is 3.29. The lowest BCUT2D eigenvalue weighted by Gasteiger charge is -2.31. The highest BCUT2D eigenvalue weighted by Crippen LogP contribution is 2.29. The molecule has 0 aliphatic heterocycles. The fourth-order valence-electron chi connectivity index (χ4n) is 2.57. The Bertz CT molecular complexity index is 585. The summed E-state index contributed by atoms with van der Waals surface area (Å²) in [7, 11) is -1.98. The molecular formula is C15H23FN2O2S. The van der Waals surface area contributed by atoms with Gasteiger partial charge in [-0.05, 0) is 43.5 Å². The molecule has 21 heavy (non-hydrogen) atoms. The van der Waals surface area contributed by atoms with Gasteiger partial charge in [0.1, 0.15) is 10.7 Å². The van der Waals surface area contributed by atoms with Crippen LogP contribution in [-0.2, 0) is 16.6 Å². The SMILES string of the molecule is CCN(CC1CCC1)S(=O)(=O)c1ccc(CNC)cc1F. The summed E-state index contributed by atoms with van der Waals surface area (Å²) in [4.78, 5) is -0.219. The quantitative estimate of drug-likeness (QED) is 0.840. The summed E-state index contributed by atoms with van der Waals surface area (Å²) < 4.78 is 40.8. The van der Waals surface area contributed by atoms with Gasteiger partial charge in [0.05, 0.1) is 0 Å². The Morgan fingerprint density at radius 2 is 2.10 bits per heavy atom. The van der Waals surface area contributed by atoms with E-state index in [1.54, 1.807) is 20.0 Å². The number of nitrogens with zero attached hydrogens (tertiary/aromatic N) is 1. The molecule has 0 amide bonds. The second-order valence-electron chi connectivity index (χ2n) is 5.55. The molecule has 4 nitrogen and oxygen atoms in total. The van der Waals surface area contributed by atoms with Gasteiger partial charge in [-0.25, -0.2) is 12.8 Å². The lowest BCUT2D eigenvalue weighted by Crippen LogP contribution is -2.37. The van der Waals surface area contributed by atoms with Crippen LogP contribution in [0.2, 0.25) is 0 Å². The van der Waals surface area contributed by atoms with E-state index in [4.69, 9.17) is 0 Å². The van der Waals surface area contributed by atoms with Crippen molar-refractivity contribution in [3.8, 4) is 0 Å². The predicted molar refractivity (Wildman–Crippen MR) is 80.9 cm³/mol. The maximum atomic E-state index is 14.2. The van der Waals surface area contributed by atoms with Gasteiger partial charge in [-0.2, -0.15) is 4.31 Å². The van der Waals surface area contributed by atoms with Crippen molar-refractivity contribution in [2.75, 3.05) is 20.1 Å². The van der Waals surface area contributed by atoms with Gasteiger partial charge in [0.15, 0.2) is 0 Å².